The fourth-order valence-corrected chi connectivity index (χ4v) is 3.12. The van der Waals surface area contributed by atoms with Crippen molar-refractivity contribution in [3.63, 3.8) is 0 Å². The summed E-state index contributed by atoms with van der Waals surface area (Å²) in [4.78, 5) is 14.3. The largest absolute Gasteiger partial charge is 0.496 e. The minimum atomic E-state index is 0.0800. The molecule has 1 aliphatic rings. The van der Waals surface area contributed by atoms with E-state index in [9.17, 15) is 4.79 Å². The second-order valence-electron chi connectivity index (χ2n) is 4.74. The maximum Gasteiger partial charge on any atom is 0.253 e. The van der Waals surface area contributed by atoms with Crippen LogP contribution in [-0.2, 0) is 0 Å². The molecule has 5 heteroatoms. The molecule has 1 heterocycles. The quantitative estimate of drug-likeness (QED) is 0.783. The normalized spacial score (nSPS) is 16.5. The first-order valence-electron chi connectivity index (χ1n) is 6.34. The van der Waals surface area contributed by atoms with Gasteiger partial charge in [-0.2, -0.15) is 0 Å². The summed E-state index contributed by atoms with van der Waals surface area (Å²) in [7, 11) is 1.61. The summed E-state index contributed by atoms with van der Waals surface area (Å²) >= 11 is 9.26. The van der Waals surface area contributed by atoms with Gasteiger partial charge in [0.2, 0.25) is 0 Å². The lowest BCUT2D eigenvalue weighted by Gasteiger charge is -2.31. The van der Waals surface area contributed by atoms with Gasteiger partial charge in [0, 0.05) is 24.5 Å². The third-order valence-corrected chi connectivity index (χ3v) is 4.57. The van der Waals surface area contributed by atoms with Gasteiger partial charge in [-0.05, 0) is 52.9 Å². The van der Waals surface area contributed by atoms with Crippen molar-refractivity contribution < 1.29 is 9.53 Å². The van der Waals surface area contributed by atoms with E-state index in [0.29, 0.717) is 17.4 Å². The minimum Gasteiger partial charge on any atom is -0.496 e. The van der Waals surface area contributed by atoms with Gasteiger partial charge in [-0.25, -0.2) is 0 Å². The van der Waals surface area contributed by atoms with Crippen molar-refractivity contribution in [3.8, 4) is 5.75 Å². The monoisotopic (exact) mass is 345 g/mol. The van der Waals surface area contributed by atoms with Gasteiger partial charge in [0.1, 0.15) is 5.75 Å². The lowest BCUT2D eigenvalue weighted by atomic mass is 9.98. The molecule has 1 aliphatic heterocycles. The second kappa shape index (κ2) is 6.62. The number of benzene rings is 1. The van der Waals surface area contributed by atoms with Crippen molar-refractivity contribution in [2.45, 2.75) is 12.8 Å². The molecule has 1 amide bonds. The van der Waals surface area contributed by atoms with Gasteiger partial charge in [-0.15, -0.1) is 11.6 Å². The maximum absolute atomic E-state index is 12.4. The van der Waals surface area contributed by atoms with Crippen LogP contribution in [0.3, 0.4) is 0 Å². The second-order valence-corrected chi connectivity index (χ2v) is 5.90. The maximum atomic E-state index is 12.4. The summed E-state index contributed by atoms with van der Waals surface area (Å²) in [5.74, 6) is 2.05. The van der Waals surface area contributed by atoms with Crippen molar-refractivity contribution in [1.29, 1.82) is 0 Å². The molecule has 0 N–H and O–H groups in total. The van der Waals surface area contributed by atoms with E-state index in [0.717, 1.165) is 36.2 Å². The van der Waals surface area contributed by atoms with Gasteiger partial charge < -0.3 is 9.64 Å². The average Bonchev–Trinajstić information content (AvgIpc) is 2.46. The number of halogens is 2. The summed E-state index contributed by atoms with van der Waals surface area (Å²) < 4.78 is 5.97. The van der Waals surface area contributed by atoms with Gasteiger partial charge in [0.05, 0.1) is 11.6 Å². The number of rotatable bonds is 3. The van der Waals surface area contributed by atoms with E-state index in [2.05, 4.69) is 15.9 Å². The molecule has 0 unspecified atom stereocenters. The molecule has 0 aliphatic carbocycles. The number of alkyl halides is 1. The Bertz CT molecular complexity index is 459. The molecule has 1 aromatic rings. The molecule has 1 saturated heterocycles. The van der Waals surface area contributed by atoms with Crippen molar-refractivity contribution >= 4 is 33.4 Å². The predicted octanol–water partition coefficient (Wildman–Crippen LogP) is 3.55. The van der Waals surface area contributed by atoms with Crippen LogP contribution in [0.2, 0.25) is 0 Å². The first kappa shape index (κ1) is 14.7. The number of piperidine rings is 1. The molecule has 3 nitrogen and oxygen atoms in total. The summed E-state index contributed by atoms with van der Waals surface area (Å²) in [5.41, 5.74) is 0.692. The highest BCUT2D eigenvalue weighted by Crippen LogP contribution is 2.27. The average molecular weight is 347 g/mol. The highest BCUT2D eigenvalue weighted by atomic mass is 79.9. The number of hydrogen-bond acceptors (Lipinski definition) is 2. The van der Waals surface area contributed by atoms with E-state index in [1.54, 1.807) is 13.2 Å². The van der Waals surface area contributed by atoms with Gasteiger partial charge in [-0.1, -0.05) is 0 Å². The van der Waals surface area contributed by atoms with E-state index < -0.39 is 0 Å². The molecule has 0 spiro atoms. The van der Waals surface area contributed by atoms with E-state index >= 15 is 0 Å². The van der Waals surface area contributed by atoms with Crippen molar-refractivity contribution in [2.24, 2.45) is 5.92 Å². The number of carbonyl (C=O) groups excluding carboxylic acids is 1. The first-order chi connectivity index (χ1) is 9.15. The third-order valence-electron chi connectivity index (χ3n) is 3.52. The van der Waals surface area contributed by atoms with Crippen LogP contribution in [0.5, 0.6) is 5.75 Å². The van der Waals surface area contributed by atoms with Crippen LogP contribution in [0.15, 0.2) is 22.7 Å². The Balaban J connectivity index is 2.06. The molecule has 0 aromatic heterocycles. The summed E-state index contributed by atoms with van der Waals surface area (Å²) in [6.45, 7) is 1.58. The van der Waals surface area contributed by atoms with Crippen LogP contribution in [-0.4, -0.2) is 36.9 Å². The number of likely N-dealkylation sites (tertiary alicyclic amines) is 1. The Kier molecular flexibility index (Phi) is 5.11. The minimum absolute atomic E-state index is 0.0800. The SMILES string of the molecule is COc1ccc(C(=O)N2CCC(CCl)CC2)cc1Br. The lowest BCUT2D eigenvalue weighted by Crippen LogP contribution is -2.38. The highest BCUT2D eigenvalue weighted by molar-refractivity contribution is 9.10. The van der Waals surface area contributed by atoms with E-state index in [1.807, 2.05) is 17.0 Å². The zero-order valence-corrected chi connectivity index (χ0v) is 13.2. The molecule has 19 heavy (non-hydrogen) atoms. The van der Waals surface area contributed by atoms with E-state index in [1.165, 1.54) is 0 Å². The zero-order chi connectivity index (χ0) is 13.8. The number of carbonyl (C=O) groups is 1. The summed E-state index contributed by atoms with van der Waals surface area (Å²) in [6.07, 6.45) is 1.99. The predicted molar refractivity (Wildman–Crippen MR) is 80.0 cm³/mol. The topological polar surface area (TPSA) is 29.5 Å². The standard InChI is InChI=1S/C14H17BrClNO2/c1-19-13-3-2-11(8-12(13)15)14(18)17-6-4-10(9-16)5-7-17/h2-3,8,10H,4-7,9H2,1H3. The van der Waals surface area contributed by atoms with Crippen LogP contribution in [0.4, 0.5) is 0 Å². The van der Waals surface area contributed by atoms with Gasteiger partial charge >= 0.3 is 0 Å². The number of amides is 1. The number of ether oxygens (including phenoxy) is 1. The number of methoxy groups -OCH3 is 1. The Morgan fingerprint density at radius 3 is 2.68 bits per heavy atom. The molecule has 104 valence electrons. The first-order valence-corrected chi connectivity index (χ1v) is 7.67. The summed E-state index contributed by atoms with van der Waals surface area (Å²) in [5, 5.41) is 0. The molecule has 0 atom stereocenters. The van der Waals surface area contributed by atoms with Crippen LogP contribution in [0.25, 0.3) is 0 Å². The Morgan fingerprint density at radius 2 is 2.16 bits per heavy atom. The smallest absolute Gasteiger partial charge is 0.253 e. The van der Waals surface area contributed by atoms with Crippen molar-refractivity contribution in [3.05, 3.63) is 28.2 Å². The summed E-state index contributed by atoms with van der Waals surface area (Å²) in [6, 6.07) is 5.43. The number of hydrogen-bond donors (Lipinski definition) is 0. The van der Waals surface area contributed by atoms with Crippen LogP contribution < -0.4 is 4.74 Å². The zero-order valence-electron chi connectivity index (χ0n) is 10.9. The van der Waals surface area contributed by atoms with Gasteiger partial charge in [0.15, 0.2) is 0 Å². The Labute approximate surface area is 127 Å². The fourth-order valence-electron chi connectivity index (χ4n) is 2.27. The molecular formula is C14H17BrClNO2. The number of nitrogens with zero attached hydrogens (tertiary/aromatic N) is 1. The van der Waals surface area contributed by atoms with Crippen LogP contribution in [0.1, 0.15) is 23.2 Å². The van der Waals surface area contributed by atoms with E-state index in [-0.39, 0.29) is 5.91 Å². The molecule has 0 radical (unpaired) electrons. The Hall–Kier alpha value is -0.740. The Morgan fingerprint density at radius 1 is 1.47 bits per heavy atom. The highest BCUT2D eigenvalue weighted by Gasteiger charge is 2.23. The molecule has 1 fully saturated rings. The lowest BCUT2D eigenvalue weighted by molar-refractivity contribution is 0.0698. The molecule has 1 aromatic carbocycles. The molecule has 2 rings (SSSR count). The van der Waals surface area contributed by atoms with Gasteiger partial charge in [0.25, 0.3) is 5.91 Å². The molecular weight excluding hydrogens is 330 g/mol. The third kappa shape index (κ3) is 3.42. The molecule has 0 saturated carbocycles. The van der Waals surface area contributed by atoms with Crippen molar-refractivity contribution in [2.75, 3.05) is 26.1 Å². The van der Waals surface area contributed by atoms with Crippen molar-refractivity contribution in [1.82, 2.24) is 4.90 Å². The van der Waals surface area contributed by atoms with Crippen LogP contribution >= 0.6 is 27.5 Å². The van der Waals surface area contributed by atoms with E-state index in [4.69, 9.17) is 16.3 Å². The fraction of sp³-hybridized carbons (Fsp3) is 0.500. The molecule has 0 bridgehead atoms. The van der Waals surface area contributed by atoms with Gasteiger partial charge in [-0.3, -0.25) is 4.79 Å². The van der Waals surface area contributed by atoms with Crippen LogP contribution in [0, 0.1) is 5.92 Å².